The lowest BCUT2D eigenvalue weighted by molar-refractivity contribution is -0.163. The maximum absolute atomic E-state index is 12.2. The van der Waals surface area contributed by atoms with Gasteiger partial charge in [0.2, 0.25) is 0 Å². The molecular formula is C15H20N2O10PS+. The first-order chi connectivity index (χ1) is 13.6. The van der Waals surface area contributed by atoms with Crippen LogP contribution in [-0.4, -0.2) is 56.6 Å². The van der Waals surface area contributed by atoms with Crippen molar-refractivity contribution in [2.45, 2.75) is 43.8 Å². The van der Waals surface area contributed by atoms with Crippen molar-refractivity contribution in [2.24, 2.45) is 5.92 Å². The van der Waals surface area contributed by atoms with E-state index in [0.29, 0.717) is 0 Å². The van der Waals surface area contributed by atoms with Crippen LogP contribution in [0.5, 0.6) is 0 Å². The van der Waals surface area contributed by atoms with E-state index in [1.165, 1.54) is 7.11 Å². The third kappa shape index (κ3) is 4.75. The number of carboxylic acid groups (broad SMARTS) is 2. The second kappa shape index (κ2) is 9.18. The van der Waals surface area contributed by atoms with Crippen LogP contribution in [0.1, 0.15) is 26.0 Å². The van der Waals surface area contributed by atoms with Gasteiger partial charge in [-0.1, -0.05) is 6.92 Å². The third-order valence-corrected chi connectivity index (χ3v) is 5.49. The molecule has 3 N–H and O–H groups in total. The Morgan fingerprint density at radius 3 is 2.48 bits per heavy atom. The first-order valence-corrected chi connectivity index (χ1v) is 10.7. The number of aromatic amines is 1. The van der Waals surface area contributed by atoms with Crippen LogP contribution in [0.3, 0.4) is 0 Å². The maximum Gasteiger partial charge on any atom is 0.582 e. The summed E-state index contributed by atoms with van der Waals surface area (Å²) >= 11 is 3.72. The molecule has 0 spiro atoms. The van der Waals surface area contributed by atoms with Gasteiger partial charge >= 0.3 is 24.9 Å². The standard InChI is InChI=1S/C15H19N2O10PS/c1-3-15(6-7(12(19)20)13(21)22)10(27-28(24)29)9(25-2)11(26-15)17-5-4-8(18)16-14(17)23/h4-5,7,9-11H,3,6H2,1-2H3,(H3-,16,18,19,20,21,22,23,24,29)/p+1. The molecule has 5 unspecified atom stereocenters. The van der Waals surface area contributed by atoms with E-state index >= 15 is 0 Å². The van der Waals surface area contributed by atoms with Crippen LogP contribution in [0.15, 0.2) is 21.9 Å². The number of aromatic nitrogens is 2. The van der Waals surface area contributed by atoms with Gasteiger partial charge in [-0.05, 0) is 11.0 Å². The molecule has 0 saturated carbocycles. The second-order valence-corrected chi connectivity index (χ2v) is 8.01. The highest BCUT2D eigenvalue weighted by Crippen LogP contribution is 2.49. The molecule has 1 aromatic rings. The Morgan fingerprint density at radius 1 is 1.41 bits per heavy atom. The number of carboxylic acids is 2. The minimum Gasteiger partial charge on any atom is -0.481 e. The van der Waals surface area contributed by atoms with Crippen molar-refractivity contribution >= 4 is 31.4 Å². The first kappa shape index (κ1) is 23.2. The SMILES string of the molecule is CCC1(CC(C(=O)O)C(=O)O)OC(n2ccc(=O)[nH]c2=O)C(OC)C1O[P+](=O)S. The van der Waals surface area contributed by atoms with Crippen molar-refractivity contribution in [3.05, 3.63) is 33.1 Å². The Morgan fingerprint density at radius 2 is 2.03 bits per heavy atom. The Hall–Kier alpha value is -2.05. The molecule has 12 nitrogen and oxygen atoms in total. The van der Waals surface area contributed by atoms with Crippen molar-refractivity contribution in [2.75, 3.05) is 7.11 Å². The zero-order chi connectivity index (χ0) is 21.9. The predicted molar refractivity (Wildman–Crippen MR) is 100 cm³/mol. The molecular weight excluding hydrogens is 431 g/mol. The van der Waals surface area contributed by atoms with Crippen molar-refractivity contribution in [3.63, 3.8) is 0 Å². The summed E-state index contributed by atoms with van der Waals surface area (Å²) in [5, 5.41) is 18.6. The van der Waals surface area contributed by atoms with Gasteiger partial charge in [0.25, 0.3) is 5.56 Å². The molecule has 14 heteroatoms. The van der Waals surface area contributed by atoms with Crippen LogP contribution >= 0.6 is 19.5 Å². The molecule has 1 fully saturated rings. The number of hydrogen-bond donors (Lipinski definition) is 4. The number of nitrogens with one attached hydrogen (secondary N) is 1. The number of rotatable bonds is 9. The number of H-pyrrole nitrogens is 1. The van der Waals surface area contributed by atoms with Gasteiger partial charge in [-0.15, -0.1) is 4.52 Å². The van der Waals surface area contributed by atoms with Crippen LogP contribution in [0, 0.1) is 5.92 Å². The molecule has 0 aliphatic carbocycles. The molecule has 0 amide bonds. The molecule has 1 saturated heterocycles. The lowest BCUT2D eigenvalue weighted by Crippen LogP contribution is -2.47. The molecule has 0 aromatic carbocycles. The Balaban J connectivity index is 2.59. The summed E-state index contributed by atoms with van der Waals surface area (Å²) in [5.41, 5.74) is -3.07. The van der Waals surface area contributed by atoms with E-state index in [1.54, 1.807) is 6.92 Å². The molecule has 5 atom stereocenters. The molecule has 0 bridgehead atoms. The second-order valence-electron chi connectivity index (χ2n) is 6.34. The minimum absolute atomic E-state index is 0.0418. The van der Waals surface area contributed by atoms with E-state index < -0.39 is 66.8 Å². The molecule has 160 valence electrons. The molecule has 0 radical (unpaired) electrons. The lowest BCUT2D eigenvalue weighted by atomic mass is 9.83. The summed E-state index contributed by atoms with van der Waals surface area (Å²) in [6.45, 7) is 1.59. The smallest absolute Gasteiger partial charge is 0.481 e. The van der Waals surface area contributed by atoms with Gasteiger partial charge in [-0.25, -0.2) is 4.79 Å². The largest absolute Gasteiger partial charge is 0.582 e. The number of nitrogens with zero attached hydrogens (tertiary/aromatic N) is 1. The number of ether oxygens (including phenoxy) is 2. The lowest BCUT2D eigenvalue weighted by Gasteiger charge is -2.32. The topological polar surface area (TPSA) is 174 Å². The first-order valence-electron chi connectivity index (χ1n) is 8.37. The molecule has 2 rings (SSSR count). The fraction of sp³-hybridized carbons (Fsp3) is 0.600. The van der Waals surface area contributed by atoms with Gasteiger partial charge in [0.1, 0.15) is 24.0 Å². The van der Waals surface area contributed by atoms with Gasteiger partial charge in [-0.3, -0.25) is 23.9 Å². The zero-order valence-electron chi connectivity index (χ0n) is 15.4. The number of hydrogen-bond acceptors (Lipinski definition) is 8. The van der Waals surface area contributed by atoms with Crippen LogP contribution < -0.4 is 11.2 Å². The van der Waals surface area contributed by atoms with Crippen molar-refractivity contribution in [1.82, 2.24) is 9.55 Å². The van der Waals surface area contributed by atoms with E-state index in [9.17, 15) is 34.0 Å². The molecule has 1 aromatic heterocycles. The van der Waals surface area contributed by atoms with Crippen molar-refractivity contribution in [1.29, 1.82) is 0 Å². The summed E-state index contributed by atoms with van der Waals surface area (Å²) in [5.74, 6) is -5.05. The molecule has 2 heterocycles. The van der Waals surface area contributed by atoms with E-state index in [-0.39, 0.29) is 6.42 Å². The fourth-order valence-corrected chi connectivity index (χ4v) is 4.19. The average molecular weight is 451 g/mol. The van der Waals surface area contributed by atoms with Crippen LogP contribution in [-0.2, 0) is 28.2 Å². The Kier molecular flexibility index (Phi) is 7.35. The van der Waals surface area contributed by atoms with Crippen molar-refractivity contribution in [3.8, 4) is 0 Å². The quantitative estimate of drug-likeness (QED) is 0.233. The van der Waals surface area contributed by atoms with Crippen LogP contribution in [0.4, 0.5) is 0 Å². The number of thiol groups is 1. The van der Waals surface area contributed by atoms with E-state index in [2.05, 4.69) is 17.2 Å². The number of aliphatic carboxylic acids is 2. The molecule has 1 aliphatic heterocycles. The van der Waals surface area contributed by atoms with Gasteiger partial charge < -0.3 is 19.7 Å². The fourth-order valence-electron chi connectivity index (χ4n) is 3.38. The Labute approximate surface area is 169 Å². The number of carbonyl (C=O) groups is 2. The van der Waals surface area contributed by atoms with E-state index in [4.69, 9.17) is 14.0 Å². The minimum atomic E-state index is -2.52. The summed E-state index contributed by atoms with van der Waals surface area (Å²) in [6.07, 6.45) is -2.89. The molecule has 29 heavy (non-hydrogen) atoms. The van der Waals surface area contributed by atoms with Crippen molar-refractivity contribution < 1.29 is 38.4 Å². The van der Waals surface area contributed by atoms with Crippen LogP contribution in [0.25, 0.3) is 0 Å². The highest BCUT2D eigenvalue weighted by atomic mass is 32.7. The van der Waals surface area contributed by atoms with Crippen LogP contribution in [0.2, 0.25) is 0 Å². The van der Waals surface area contributed by atoms with E-state index in [0.717, 1.165) is 16.8 Å². The monoisotopic (exact) mass is 451 g/mol. The number of methoxy groups -OCH3 is 1. The highest BCUT2D eigenvalue weighted by molar-refractivity contribution is 8.39. The highest BCUT2D eigenvalue weighted by Gasteiger charge is 2.61. The summed E-state index contributed by atoms with van der Waals surface area (Å²) in [6, 6.07) is 1.07. The molecule has 1 aliphatic rings. The summed E-state index contributed by atoms with van der Waals surface area (Å²) in [7, 11) is -1.26. The summed E-state index contributed by atoms with van der Waals surface area (Å²) in [4.78, 5) is 48.5. The summed E-state index contributed by atoms with van der Waals surface area (Å²) < 4.78 is 29.4. The third-order valence-electron chi connectivity index (χ3n) is 4.80. The Bertz CT molecular complexity index is 903. The van der Waals surface area contributed by atoms with Gasteiger partial charge in [0.05, 0.1) is 0 Å². The predicted octanol–water partition coefficient (Wildman–Crippen LogP) is 0.377. The van der Waals surface area contributed by atoms with Gasteiger partial charge in [0, 0.05) is 25.8 Å². The van der Waals surface area contributed by atoms with Gasteiger partial charge in [0.15, 0.2) is 18.2 Å². The zero-order valence-corrected chi connectivity index (χ0v) is 17.2. The van der Waals surface area contributed by atoms with E-state index in [1.807, 2.05) is 0 Å². The van der Waals surface area contributed by atoms with Gasteiger partial charge in [-0.2, -0.15) is 0 Å². The normalized spacial score (nSPS) is 27.2. The average Bonchev–Trinajstić information content (AvgIpc) is 2.92. The maximum atomic E-state index is 12.2.